The van der Waals surface area contributed by atoms with Gasteiger partial charge < -0.3 is 0 Å². The molecule has 5 heteroatoms. The van der Waals surface area contributed by atoms with Crippen LogP contribution in [0.15, 0.2) is 125 Å². The summed E-state index contributed by atoms with van der Waals surface area (Å²) in [7, 11) is -3.91. The third-order valence-corrected chi connectivity index (χ3v) is 6.36. The molecule has 4 rings (SSSR count). The molecule has 160 valence electrons. The van der Waals surface area contributed by atoms with Crippen molar-refractivity contribution in [3.05, 3.63) is 126 Å². The Hall–Kier alpha value is -3.70. The van der Waals surface area contributed by atoms with Crippen LogP contribution >= 0.6 is 0 Å². The van der Waals surface area contributed by atoms with Crippen LogP contribution in [0.25, 0.3) is 0 Å². The molecule has 0 N–H and O–H groups in total. The number of hydrogen-bond acceptors (Lipinski definition) is 2. The molecule has 0 saturated heterocycles. The van der Waals surface area contributed by atoms with Crippen LogP contribution in [-0.2, 0) is 16.4 Å². The van der Waals surface area contributed by atoms with E-state index in [1.54, 1.807) is 24.3 Å². The molecule has 0 aromatic heterocycles. The summed E-state index contributed by atoms with van der Waals surface area (Å²) in [5.74, 6) is 0.425. The first-order valence-electron chi connectivity index (χ1n) is 10.4. The predicted molar refractivity (Wildman–Crippen MR) is 131 cm³/mol. The molecule has 0 amide bonds. The van der Waals surface area contributed by atoms with Crippen molar-refractivity contribution in [1.82, 2.24) is 0 Å². The number of nitrogens with zero attached hydrogens (tertiary/aromatic N) is 2. The van der Waals surface area contributed by atoms with Gasteiger partial charge in [0.15, 0.2) is 0 Å². The van der Waals surface area contributed by atoms with E-state index in [1.165, 1.54) is 0 Å². The number of benzene rings is 4. The number of rotatable bonds is 6. The maximum absolute atomic E-state index is 13.3. The van der Waals surface area contributed by atoms with E-state index >= 15 is 0 Å². The van der Waals surface area contributed by atoms with E-state index < -0.39 is 10.0 Å². The highest BCUT2D eigenvalue weighted by molar-refractivity contribution is 7.90. The number of hydrogen-bond donors (Lipinski definition) is 0. The van der Waals surface area contributed by atoms with Crippen LogP contribution in [0.1, 0.15) is 11.1 Å². The smallest absolute Gasteiger partial charge is 0.283 e. The third-order valence-electron chi connectivity index (χ3n) is 5.04. The van der Waals surface area contributed by atoms with Crippen LogP contribution in [0.4, 0.5) is 11.4 Å². The zero-order valence-electron chi connectivity index (χ0n) is 17.8. The van der Waals surface area contributed by atoms with E-state index in [2.05, 4.69) is 4.40 Å². The summed E-state index contributed by atoms with van der Waals surface area (Å²) in [5.41, 5.74) is 3.65. The van der Waals surface area contributed by atoms with Crippen molar-refractivity contribution in [2.24, 2.45) is 4.40 Å². The van der Waals surface area contributed by atoms with Crippen LogP contribution in [0, 0.1) is 6.92 Å². The van der Waals surface area contributed by atoms with Gasteiger partial charge in [0.05, 0.1) is 4.90 Å². The molecule has 32 heavy (non-hydrogen) atoms. The predicted octanol–water partition coefficient (Wildman–Crippen LogP) is 6.16. The fraction of sp³-hybridized carbons (Fsp3) is 0.0741. The van der Waals surface area contributed by atoms with E-state index in [-0.39, 0.29) is 4.90 Å². The molecule has 4 aromatic rings. The first-order valence-corrected chi connectivity index (χ1v) is 11.8. The van der Waals surface area contributed by atoms with Gasteiger partial charge in [-0.3, -0.25) is 4.90 Å². The third kappa shape index (κ3) is 5.13. The lowest BCUT2D eigenvalue weighted by atomic mass is 10.1. The molecule has 0 saturated carbocycles. The molecule has 0 atom stereocenters. The van der Waals surface area contributed by atoms with Gasteiger partial charge in [-0.15, -0.1) is 4.40 Å². The Labute approximate surface area is 189 Å². The summed E-state index contributed by atoms with van der Waals surface area (Å²) in [6, 6.07) is 35.9. The largest absolute Gasteiger partial charge is 0.298 e. The maximum Gasteiger partial charge on any atom is 0.283 e. The number of amidine groups is 1. The fourth-order valence-corrected chi connectivity index (χ4v) is 4.44. The van der Waals surface area contributed by atoms with Gasteiger partial charge in [-0.25, -0.2) is 0 Å². The quantitative estimate of drug-likeness (QED) is 0.266. The standard InChI is InChI=1S/C27H24N2O2S/c1-22-17-19-26(20-18-22)32(30,31)28-27(21-23-11-5-2-6-12-23)29(24-13-7-3-8-14-24)25-15-9-4-10-16-25/h2-20H,21H2,1H3/b28-27+. The second-order valence-electron chi connectivity index (χ2n) is 7.46. The summed E-state index contributed by atoms with van der Waals surface area (Å²) in [6.07, 6.45) is 0.357. The lowest BCUT2D eigenvalue weighted by Crippen LogP contribution is -2.29. The second kappa shape index (κ2) is 9.62. The van der Waals surface area contributed by atoms with E-state index in [0.717, 1.165) is 22.5 Å². The molecule has 4 nitrogen and oxygen atoms in total. The Morgan fingerprint density at radius 2 is 1.16 bits per heavy atom. The lowest BCUT2D eigenvalue weighted by molar-refractivity contribution is 0.598. The van der Waals surface area contributed by atoms with Crippen LogP contribution in [-0.4, -0.2) is 14.3 Å². The summed E-state index contributed by atoms with van der Waals surface area (Å²) in [5, 5.41) is 0. The highest BCUT2D eigenvalue weighted by Gasteiger charge is 2.21. The molecule has 0 aliphatic heterocycles. The monoisotopic (exact) mass is 440 g/mol. The summed E-state index contributed by atoms with van der Waals surface area (Å²) >= 11 is 0. The van der Waals surface area contributed by atoms with Crippen molar-refractivity contribution in [2.75, 3.05) is 4.90 Å². The molecule has 0 heterocycles. The molecule has 0 radical (unpaired) electrons. The Balaban J connectivity index is 1.89. The van der Waals surface area contributed by atoms with Crippen molar-refractivity contribution in [1.29, 1.82) is 0 Å². The molecular weight excluding hydrogens is 416 g/mol. The summed E-state index contributed by atoms with van der Waals surface area (Å²) in [6.45, 7) is 1.92. The van der Waals surface area contributed by atoms with Crippen molar-refractivity contribution < 1.29 is 8.42 Å². The Morgan fingerprint density at radius 3 is 1.66 bits per heavy atom. The van der Waals surface area contributed by atoms with Gasteiger partial charge >= 0.3 is 0 Å². The molecule has 0 fully saturated rings. The lowest BCUT2D eigenvalue weighted by Gasteiger charge is -2.26. The topological polar surface area (TPSA) is 49.7 Å². The van der Waals surface area contributed by atoms with Gasteiger partial charge in [0.1, 0.15) is 5.84 Å². The first-order chi connectivity index (χ1) is 15.5. The minimum absolute atomic E-state index is 0.176. The molecule has 0 spiro atoms. The van der Waals surface area contributed by atoms with Gasteiger partial charge in [0, 0.05) is 17.8 Å². The first kappa shape index (κ1) is 21.5. The minimum Gasteiger partial charge on any atom is -0.298 e. The zero-order chi connectivity index (χ0) is 22.4. The molecule has 0 bridgehead atoms. The second-order valence-corrected chi connectivity index (χ2v) is 9.07. The number of anilines is 2. The van der Waals surface area contributed by atoms with E-state index in [4.69, 9.17) is 0 Å². The number of para-hydroxylation sites is 2. The Bertz CT molecular complexity index is 1250. The van der Waals surface area contributed by atoms with Gasteiger partial charge in [-0.05, 0) is 48.9 Å². The Morgan fingerprint density at radius 1 is 0.688 bits per heavy atom. The van der Waals surface area contributed by atoms with E-state index in [0.29, 0.717) is 12.3 Å². The van der Waals surface area contributed by atoms with Crippen molar-refractivity contribution in [3.8, 4) is 0 Å². The van der Waals surface area contributed by atoms with Crippen molar-refractivity contribution in [2.45, 2.75) is 18.2 Å². The van der Waals surface area contributed by atoms with E-state index in [1.807, 2.05) is 103 Å². The van der Waals surface area contributed by atoms with Gasteiger partial charge in [-0.1, -0.05) is 84.4 Å². The number of sulfonamides is 1. The van der Waals surface area contributed by atoms with Gasteiger partial charge in [-0.2, -0.15) is 8.42 Å². The SMILES string of the molecule is Cc1ccc(S(=O)(=O)/N=C(\Cc2ccccc2)N(c2ccccc2)c2ccccc2)cc1. The number of aryl methyl sites for hydroxylation is 1. The fourth-order valence-electron chi connectivity index (χ4n) is 3.43. The average Bonchev–Trinajstić information content (AvgIpc) is 2.81. The van der Waals surface area contributed by atoms with Crippen LogP contribution < -0.4 is 4.90 Å². The molecule has 0 aliphatic carbocycles. The highest BCUT2D eigenvalue weighted by atomic mass is 32.2. The van der Waals surface area contributed by atoms with Crippen LogP contribution in [0.2, 0.25) is 0 Å². The zero-order valence-corrected chi connectivity index (χ0v) is 18.6. The van der Waals surface area contributed by atoms with Crippen molar-refractivity contribution >= 4 is 27.2 Å². The molecule has 0 aliphatic rings. The average molecular weight is 441 g/mol. The maximum atomic E-state index is 13.3. The molecule has 0 unspecified atom stereocenters. The minimum atomic E-state index is -3.91. The molecule has 4 aromatic carbocycles. The van der Waals surface area contributed by atoms with Gasteiger partial charge in [0.2, 0.25) is 0 Å². The summed E-state index contributed by atoms with van der Waals surface area (Å²) < 4.78 is 31.0. The van der Waals surface area contributed by atoms with Crippen LogP contribution in [0.5, 0.6) is 0 Å². The van der Waals surface area contributed by atoms with Gasteiger partial charge in [0.25, 0.3) is 10.0 Å². The summed E-state index contributed by atoms with van der Waals surface area (Å²) in [4.78, 5) is 2.08. The highest BCUT2D eigenvalue weighted by Crippen LogP contribution is 2.28. The molecular formula is C27H24N2O2S. The van der Waals surface area contributed by atoms with Crippen molar-refractivity contribution in [3.63, 3.8) is 0 Å². The normalized spacial score (nSPS) is 11.8. The Kier molecular flexibility index (Phi) is 6.47. The van der Waals surface area contributed by atoms with Crippen LogP contribution in [0.3, 0.4) is 0 Å². The van der Waals surface area contributed by atoms with E-state index in [9.17, 15) is 8.42 Å².